The lowest BCUT2D eigenvalue weighted by molar-refractivity contribution is 0.544. The predicted octanol–water partition coefficient (Wildman–Crippen LogP) is 1.19. The van der Waals surface area contributed by atoms with Crippen LogP contribution < -0.4 is 10.2 Å². The van der Waals surface area contributed by atoms with Crippen molar-refractivity contribution in [3.63, 3.8) is 0 Å². The van der Waals surface area contributed by atoms with Gasteiger partial charge in [0.1, 0.15) is 5.82 Å². The van der Waals surface area contributed by atoms with Crippen molar-refractivity contribution < 1.29 is 0 Å². The SMILES string of the molecule is CCC(C)Cc1nc(N2CCCNCC2)n[nH]1. The van der Waals surface area contributed by atoms with E-state index in [1.807, 2.05) is 0 Å². The second-order valence-electron chi connectivity index (χ2n) is 4.89. The van der Waals surface area contributed by atoms with E-state index < -0.39 is 0 Å². The fraction of sp³-hybridized carbons (Fsp3) is 0.833. The molecule has 5 heteroatoms. The number of hydrogen-bond acceptors (Lipinski definition) is 4. The number of hydrogen-bond donors (Lipinski definition) is 2. The van der Waals surface area contributed by atoms with Crippen LogP contribution in [0.5, 0.6) is 0 Å². The van der Waals surface area contributed by atoms with Crippen LogP contribution in [0.25, 0.3) is 0 Å². The molecule has 1 atom stereocenters. The Morgan fingerprint density at radius 2 is 2.24 bits per heavy atom. The third-order valence-corrected chi connectivity index (χ3v) is 3.38. The van der Waals surface area contributed by atoms with Gasteiger partial charge in [0.25, 0.3) is 0 Å². The summed E-state index contributed by atoms with van der Waals surface area (Å²) in [4.78, 5) is 6.86. The molecule has 0 aromatic carbocycles. The second-order valence-corrected chi connectivity index (χ2v) is 4.89. The summed E-state index contributed by atoms with van der Waals surface area (Å²) in [5.41, 5.74) is 0. The van der Waals surface area contributed by atoms with Gasteiger partial charge in [-0.15, -0.1) is 5.10 Å². The Bertz CT molecular complexity index is 327. The van der Waals surface area contributed by atoms with Gasteiger partial charge in [0, 0.05) is 26.1 Å². The Labute approximate surface area is 103 Å². The number of H-pyrrole nitrogens is 1. The third-order valence-electron chi connectivity index (χ3n) is 3.38. The van der Waals surface area contributed by atoms with Crippen molar-refractivity contribution in [3.8, 4) is 0 Å². The molecule has 2 heterocycles. The van der Waals surface area contributed by atoms with E-state index in [-0.39, 0.29) is 0 Å². The van der Waals surface area contributed by atoms with Gasteiger partial charge in [-0.3, -0.25) is 5.10 Å². The largest absolute Gasteiger partial charge is 0.338 e. The van der Waals surface area contributed by atoms with Gasteiger partial charge in [-0.05, 0) is 18.9 Å². The van der Waals surface area contributed by atoms with E-state index in [2.05, 4.69) is 39.2 Å². The van der Waals surface area contributed by atoms with E-state index >= 15 is 0 Å². The maximum absolute atomic E-state index is 4.60. The molecule has 1 aromatic rings. The number of rotatable bonds is 4. The fourth-order valence-corrected chi connectivity index (χ4v) is 2.04. The first kappa shape index (κ1) is 12.4. The Balaban J connectivity index is 1.96. The number of aromatic amines is 1. The fourth-order valence-electron chi connectivity index (χ4n) is 2.04. The van der Waals surface area contributed by atoms with Crippen LogP contribution in [0, 0.1) is 5.92 Å². The zero-order valence-corrected chi connectivity index (χ0v) is 10.9. The van der Waals surface area contributed by atoms with E-state index in [9.17, 15) is 0 Å². The topological polar surface area (TPSA) is 56.8 Å². The highest BCUT2D eigenvalue weighted by molar-refractivity contribution is 5.28. The molecule has 0 radical (unpaired) electrons. The van der Waals surface area contributed by atoms with Crippen LogP contribution in [-0.2, 0) is 6.42 Å². The monoisotopic (exact) mass is 237 g/mol. The van der Waals surface area contributed by atoms with Crippen LogP contribution in [0.1, 0.15) is 32.5 Å². The molecule has 96 valence electrons. The quantitative estimate of drug-likeness (QED) is 0.826. The Morgan fingerprint density at radius 3 is 3.06 bits per heavy atom. The highest BCUT2D eigenvalue weighted by Gasteiger charge is 2.14. The van der Waals surface area contributed by atoms with Crippen molar-refractivity contribution >= 4 is 5.95 Å². The molecule has 1 aliphatic rings. The average molecular weight is 237 g/mol. The van der Waals surface area contributed by atoms with Gasteiger partial charge in [-0.1, -0.05) is 20.3 Å². The Hall–Kier alpha value is -1.10. The van der Waals surface area contributed by atoms with Crippen molar-refractivity contribution in [2.75, 3.05) is 31.1 Å². The first-order valence-electron chi connectivity index (χ1n) is 6.66. The van der Waals surface area contributed by atoms with Crippen molar-refractivity contribution in [1.82, 2.24) is 20.5 Å². The normalized spacial score (nSPS) is 19.1. The van der Waals surface area contributed by atoms with Crippen LogP contribution in [0.15, 0.2) is 0 Å². The van der Waals surface area contributed by atoms with Gasteiger partial charge >= 0.3 is 0 Å². The Morgan fingerprint density at radius 1 is 1.35 bits per heavy atom. The lowest BCUT2D eigenvalue weighted by Gasteiger charge is -2.16. The number of anilines is 1. The summed E-state index contributed by atoms with van der Waals surface area (Å²) in [5, 5.41) is 10.8. The van der Waals surface area contributed by atoms with Crippen molar-refractivity contribution in [1.29, 1.82) is 0 Å². The number of nitrogens with zero attached hydrogens (tertiary/aromatic N) is 3. The summed E-state index contributed by atoms with van der Waals surface area (Å²) in [7, 11) is 0. The minimum Gasteiger partial charge on any atom is -0.338 e. The van der Waals surface area contributed by atoms with Gasteiger partial charge in [0.05, 0.1) is 0 Å². The molecule has 0 aliphatic carbocycles. The van der Waals surface area contributed by atoms with Crippen molar-refractivity contribution in [3.05, 3.63) is 5.82 Å². The standard InChI is InChI=1S/C12H23N5/c1-3-10(2)9-11-14-12(16-15-11)17-7-4-5-13-6-8-17/h10,13H,3-9H2,1-2H3,(H,14,15,16). The second kappa shape index (κ2) is 6.00. The summed E-state index contributed by atoms with van der Waals surface area (Å²) in [6.07, 6.45) is 3.34. The zero-order valence-electron chi connectivity index (χ0n) is 10.9. The van der Waals surface area contributed by atoms with Crippen molar-refractivity contribution in [2.24, 2.45) is 5.92 Å². The smallest absolute Gasteiger partial charge is 0.244 e. The minimum atomic E-state index is 0.668. The highest BCUT2D eigenvalue weighted by atomic mass is 15.4. The summed E-state index contributed by atoms with van der Waals surface area (Å²) in [5.74, 6) is 2.56. The van der Waals surface area contributed by atoms with Gasteiger partial charge < -0.3 is 10.2 Å². The molecule has 0 bridgehead atoms. The molecule has 1 aromatic heterocycles. The summed E-state index contributed by atoms with van der Waals surface area (Å²) in [6.45, 7) is 8.63. The lowest BCUT2D eigenvalue weighted by atomic mass is 10.1. The van der Waals surface area contributed by atoms with E-state index in [1.54, 1.807) is 0 Å². The van der Waals surface area contributed by atoms with Crippen LogP contribution in [0.3, 0.4) is 0 Å². The number of nitrogens with one attached hydrogen (secondary N) is 2. The molecule has 0 spiro atoms. The first-order chi connectivity index (χ1) is 8.29. The molecule has 1 unspecified atom stereocenters. The third kappa shape index (κ3) is 3.43. The summed E-state index contributed by atoms with van der Waals surface area (Å²) in [6, 6.07) is 0. The van der Waals surface area contributed by atoms with Crippen molar-refractivity contribution in [2.45, 2.75) is 33.1 Å². The van der Waals surface area contributed by atoms with Crippen LogP contribution in [-0.4, -0.2) is 41.4 Å². The zero-order chi connectivity index (χ0) is 12.1. The molecular weight excluding hydrogens is 214 g/mol. The molecule has 5 nitrogen and oxygen atoms in total. The maximum atomic E-state index is 4.60. The number of aromatic nitrogens is 3. The van der Waals surface area contributed by atoms with Gasteiger partial charge in [-0.2, -0.15) is 4.98 Å². The molecule has 2 rings (SSSR count). The molecule has 2 N–H and O–H groups in total. The van der Waals surface area contributed by atoms with Crippen LogP contribution in [0.4, 0.5) is 5.95 Å². The van der Waals surface area contributed by atoms with Gasteiger partial charge in [-0.25, -0.2) is 0 Å². The summed E-state index contributed by atoms with van der Waals surface area (Å²) >= 11 is 0. The maximum Gasteiger partial charge on any atom is 0.244 e. The average Bonchev–Trinajstić information content (AvgIpc) is 2.63. The van der Waals surface area contributed by atoms with E-state index in [4.69, 9.17) is 0 Å². The molecule has 0 amide bonds. The molecule has 0 saturated carbocycles. The minimum absolute atomic E-state index is 0.668. The molecule has 1 fully saturated rings. The molecule has 1 saturated heterocycles. The van der Waals surface area contributed by atoms with E-state index in [1.165, 1.54) is 6.42 Å². The molecule has 1 aliphatic heterocycles. The van der Waals surface area contributed by atoms with Gasteiger partial charge in [0.2, 0.25) is 5.95 Å². The van der Waals surface area contributed by atoms with Crippen LogP contribution in [0.2, 0.25) is 0 Å². The summed E-state index contributed by atoms with van der Waals surface area (Å²) < 4.78 is 0. The van der Waals surface area contributed by atoms with Gasteiger partial charge in [0.15, 0.2) is 0 Å². The highest BCUT2D eigenvalue weighted by Crippen LogP contribution is 2.12. The van der Waals surface area contributed by atoms with Crippen LogP contribution >= 0.6 is 0 Å². The lowest BCUT2D eigenvalue weighted by Crippen LogP contribution is -2.28. The van der Waals surface area contributed by atoms with E-state index in [0.29, 0.717) is 5.92 Å². The molecule has 17 heavy (non-hydrogen) atoms. The predicted molar refractivity (Wildman–Crippen MR) is 69.2 cm³/mol. The van der Waals surface area contributed by atoms with E-state index in [0.717, 1.165) is 50.8 Å². The molecular formula is C12H23N5. The first-order valence-corrected chi connectivity index (χ1v) is 6.66. The Kier molecular flexibility index (Phi) is 4.36.